The standard InChI is InChI=1S/C24H25N3O3/c1-24(2,3)30-22(28)12-13-27-23(29)19-10-5-4-9-18(19)21(26-27)14-16-15-25-20-11-7-6-8-17(16)20/h4-11,15,25H,12-14H2,1-3H3. The summed E-state index contributed by atoms with van der Waals surface area (Å²) in [7, 11) is 0. The summed E-state index contributed by atoms with van der Waals surface area (Å²) < 4.78 is 6.75. The van der Waals surface area contributed by atoms with Gasteiger partial charge in [-0.2, -0.15) is 5.10 Å². The van der Waals surface area contributed by atoms with E-state index in [-0.39, 0.29) is 24.5 Å². The highest BCUT2D eigenvalue weighted by atomic mass is 16.6. The first kappa shape index (κ1) is 19.9. The first-order valence-electron chi connectivity index (χ1n) is 10.1. The highest BCUT2D eigenvalue weighted by molar-refractivity contribution is 5.86. The number of carbonyl (C=O) groups excluding carboxylic acids is 1. The number of nitrogens with zero attached hydrogens (tertiary/aromatic N) is 2. The summed E-state index contributed by atoms with van der Waals surface area (Å²) in [4.78, 5) is 28.3. The van der Waals surface area contributed by atoms with Gasteiger partial charge in [0.05, 0.1) is 24.0 Å². The first-order valence-corrected chi connectivity index (χ1v) is 10.1. The Morgan fingerprint density at radius 2 is 1.70 bits per heavy atom. The van der Waals surface area contributed by atoms with Gasteiger partial charge in [-0.15, -0.1) is 0 Å². The van der Waals surface area contributed by atoms with Gasteiger partial charge in [0.1, 0.15) is 5.60 Å². The second kappa shape index (κ2) is 7.78. The van der Waals surface area contributed by atoms with Gasteiger partial charge in [-0.1, -0.05) is 36.4 Å². The molecule has 0 saturated heterocycles. The molecule has 0 bridgehead atoms. The Morgan fingerprint density at radius 3 is 2.43 bits per heavy atom. The number of rotatable bonds is 5. The molecule has 2 aromatic heterocycles. The van der Waals surface area contributed by atoms with Gasteiger partial charge in [0, 0.05) is 28.9 Å². The first-order chi connectivity index (χ1) is 14.3. The van der Waals surface area contributed by atoms with E-state index in [1.54, 1.807) is 0 Å². The van der Waals surface area contributed by atoms with E-state index in [1.807, 2.05) is 69.4 Å². The van der Waals surface area contributed by atoms with E-state index >= 15 is 0 Å². The van der Waals surface area contributed by atoms with Crippen molar-refractivity contribution in [2.45, 2.75) is 45.8 Å². The summed E-state index contributed by atoms with van der Waals surface area (Å²) in [5.74, 6) is -0.345. The van der Waals surface area contributed by atoms with Gasteiger partial charge < -0.3 is 9.72 Å². The van der Waals surface area contributed by atoms with Crippen molar-refractivity contribution >= 4 is 27.6 Å². The number of benzene rings is 2. The Morgan fingerprint density at radius 1 is 1.03 bits per heavy atom. The van der Waals surface area contributed by atoms with Crippen LogP contribution in [0, 0.1) is 0 Å². The number of aromatic amines is 1. The molecule has 2 aromatic carbocycles. The van der Waals surface area contributed by atoms with Crippen LogP contribution in [-0.4, -0.2) is 26.3 Å². The average Bonchev–Trinajstić information content (AvgIpc) is 3.11. The average molecular weight is 403 g/mol. The maximum atomic E-state index is 12.9. The van der Waals surface area contributed by atoms with Gasteiger partial charge in [0.2, 0.25) is 0 Å². The molecule has 0 fully saturated rings. The summed E-state index contributed by atoms with van der Waals surface area (Å²) in [6, 6.07) is 15.6. The summed E-state index contributed by atoms with van der Waals surface area (Å²) >= 11 is 0. The van der Waals surface area contributed by atoms with Gasteiger partial charge in [0.25, 0.3) is 5.56 Å². The molecule has 0 spiro atoms. The van der Waals surface area contributed by atoms with Crippen LogP contribution in [0.2, 0.25) is 0 Å². The minimum atomic E-state index is -0.556. The Kier molecular flexibility index (Phi) is 5.16. The molecule has 0 atom stereocenters. The molecule has 1 N–H and O–H groups in total. The molecule has 0 amide bonds. The number of H-pyrrole nitrogens is 1. The molecule has 0 aliphatic carbocycles. The summed E-state index contributed by atoms with van der Waals surface area (Å²) in [5.41, 5.74) is 2.23. The van der Waals surface area contributed by atoms with Crippen molar-refractivity contribution in [2.24, 2.45) is 0 Å². The highest BCUT2D eigenvalue weighted by Gasteiger charge is 2.18. The number of aromatic nitrogens is 3. The third-order valence-electron chi connectivity index (χ3n) is 4.92. The van der Waals surface area contributed by atoms with Crippen molar-refractivity contribution in [2.75, 3.05) is 0 Å². The second-order valence-electron chi connectivity index (χ2n) is 8.39. The number of para-hydroxylation sites is 1. The van der Waals surface area contributed by atoms with E-state index in [4.69, 9.17) is 4.74 Å². The lowest BCUT2D eigenvalue weighted by Crippen LogP contribution is -2.28. The van der Waals surface area contributed by atoms with Crippen LogP contribution < -0.4 is 5.56 Å². The smallest absolute Gasteiger partial charge is 0.308 e. The molecule has 4 aromatic rings. The maximum Gasteiger partial charge on any atom is 0.308 e. The predicted octanol–water partition coefficient (Wildman–Crippen LogP) is 4.20. The van der Waals surface area contributed by atoms with Crippen LogP contribution in [-0.2, 0) is 22.5 Å². The zero-order valence-corrected chi connectivity index (χ0v) is 17.4. The van der Waals surface area contributed by atoms with Gasteiger partial charge in [-0.25, -0.2) is 4.68 Å². The molecule has 6 heteroatoms. The lowest BCUT2D eigenvalue weighted by Gasteiger charge is -2.19. The number of esters is 1. The summed E-state index contributed by atoms with van der Waals surface area (Å²) in [5, 5.41) is 7.21. The fourth-order valence-electron chi connectivity index (χ4n) is 3.64. The third-order valence-corrected chi connectivity index (χ3v) is 4.92. The van der Waals surface area contributed by atoms with Gasteiger partial charge in [-0.3, -0.25) is 9.59 Å². The molecule has 2 heterocycles. The zero-order valence-electron chi connectivity index (χ0n) is 17.4. The van der Waals surface area contributed by atoms with Gasteiger partial charge in [0.15, 0.2) is 0 Å². The van der Waals surface area contributed by atoms with Gasteiger partial charge >= 0.3 is 5.97 Å². The predicted molar refractivity (Wildman–Crippen MR) is 118 cm³/mol. The molecule has 0 aliphatic rings. The highest BCUT2D eigenvalue weighted by Crippen LogP contribution is 2.23. The summed E-state index contributed by atoms with van der Waals surface area (Å²) in [6.07, 6.45) is 2.66. The van der Waals surface area contributed by atoms with E-state index in [1.165, 1.54) is 4.68 Å². The molecule has 6 nitrogen and oxygen atoms in total. The van der Waals surface area contributed by atoms with Crippen LogP contribution in [0.3, 0.4) is 0 Å². The van der Waals surface area contributed by atoms with Crippen LogP contribution in [0.25, 0.3) is 21.7 Å². The zero-order chi connectivity index (χ0) is 21.3. The third kappa shape index (κ3) is 4.13. The fourth-order valence-corrected chi connectivity index (χ4v) is 3.64. The van der Waals surface area contributed by atoms with Crippen molar-refractivity contribution < 1.29 is 9.53 Å². The SMILES string of the molecule is CC(C)(C)OC(=O)CCn1nc(Cc2c[nH]c3ccccc23)c2ccccc2c1=O. The minimum Gasteiger partial charge on any atom is -0.460 e. The topological polar surface area (TPSA) is 77.0 Å². The lowest BCUT2D eigenvalue weighted by molar-refractivity contribution is -0.155. The number of hydrogen-bond acceptors (Lipinski definition) is 4. The van der Waals surface area contributed by atoms with Crippen LogP contribution in [0.1, 0.15) is 38.4 Å². The largest absolute Gasteiger partial charge is 0.460 e. The van der Waals surface area contributed by atoms with Crippen LogP contribution >= 0.6 is 0 Å². The molecule has 4 rings (SSSR count). The Balaban J connectivity index is 1.70. The molecule has 0 saturated carbocycles. The van der Waals surface area contributed by atoms with E-state index < -0.39 is 5.60 Å². The van der Waals surface area contributed by atoms with Crippen LogP contribution in [0.5, 0.6) is 0 Å². The molecule has 0 unspecified atom stereocenters. The number of hydrogen-bond donors (Lipinski definition) is 1. The van der Waals surface area contributed by atoms with E-state index in [0.717, 1.165) is 27.5 Å². The molecule has 30 heavy (non-hydrogen) atoms. The molecular weight excluding hydrogens is 378 g/mol. The van der Waals surface area contributed by atoms with Crippen LogP contribution in [0.15, 0.2) is 59.5 Å². The number of ether oxygens (including phenoxy) is 1. The number of fused-ring (bicyclic) bond motifs is 2. The van der Waals surface area contributed by atoms with Crippen molar-refractivity contribution in [3.8, 4) is 0 Å². The van der Waals surface area contributed by atoms with E-state index in [2.05, 4.69) is 16.1 Å². The van der Waals surface area contributed by atoms with Gasteiger partial charge in [-0.05, 0) is 38.5 Å². The quantitative estimate of drug-likeness (QED) is 0.507. The molecule has 154 valence electrons. The second-order valence-corrected chi connectivity index (χ2v) is 8.39. The van der Waals surface area contributed by atoms with E-state index in [9.17, 15) is 9.59 Å². The Bertz CT molecular complexity index is 1280. The monoisotopic (exact) mass is 403 g/mol. The minimum absolute atomic E-state index is 0.0923. The molecule has 0 aliphatic heterocycles. The van der Waals surface area contributed by atoms with E-state index in [0.29, 0.717) is 11.8 Å². The summed E-state index contributed by atoms with van der Waals surface area (Å²) in [6.45, 7) is 5.65. The maximum absolute atomic E-state index is 12.9. The van der Waals surface area contributed by atoms with Crippen molar-refractivity contribution in [1.29, 1.82) is 0 Å². The number of nitrogens with one attached hydrogen (secondary N) is 1. The van der Waals surface area contributed by atoms with Crippen molar-refractivity contribution in [3.05, 3.63) is 76.3 Å². The lowest BCUT2D eigenvalue weighted by atomic mass is 10.0. The normalized spacial score (nSPS) is 11.8. The molecular formula is C24H25N3O3. The molecule has 0 radical (unpaired) electrons. The van der Waals surface area contributed by atoms with Crippen molar-refractivity contribution in [1.82, 2.24) is 14.8 Å². The number of aryl methyl sites for hydroxylation is 1. The Labute approximate surface area is 174 Å². The number of carbonyl (C=O) groups is 1. The Hall–Kier alpha value is -3.41. The fraction of sp³-hybridized carbons (Fsp3) is 0.292. The van der Waals surface area contributed by atoms with Crippen LogP contribution in [0.4, 0.5) is 0 Å². The van der Waals surface area contributed by atoms with Crippen molar-refractivity contribution in [3.63, 3.8) is 0 Å².